The highest BCUT2D eigenvalue weighted by Gasteiger charge is 2.07. The Hall–Kier alpha value is -2.80. The molecule has 0 aliphatic rings. The molecular formula is C20H13N. The van der Waals surface area contributed by atoms with Gasteiger partial charge in [0, 0.05) is 21.8 Å². The van der Waals surface area contributed by atoms with Gasteiger partial charge in [0.1, 0.15) is 0 Å². The fourth-order valence-corrected chi connectivity index (χ4v) is 3.28. The number of fused-ring (bicyclic) bond motifs is 5. The zero-order valence-electron chi connectivity index (χ0n) is 11.4. The number of hydrogen-bond donors (Lipinski definition) is 1. The third-order valence-corrected chi connectivity index (χ3v) is 4.33. The average molecular weight is 267 g/mol. The highest BCUT2D eigenvalue weighted by Crippen LogP contribution is 2.32. The first-order valence-electron chi connectivity index (χ1n) is 7.21. The zero-order valence-corrected chi connectivity index (χ0v) is 11.4. The fraction of sp³-hybridized carbons (Fsp3) is 0. The number of aromatic amines is 1. The molecule has 0 aliphatic carbocycles. The van der Waals surface area contributed by atoms with Crippen molar-refractivity contribution in [3.8, 4) is 0 Å². The van der Waals surface area contributed by atoms with E-state index in [4.69, 9.17) is 0 Å². The summed E-state index contributed by atoms with van der Waals surface area (Å²) in [5.74, 6) is 0. The molecule has 1 aromatic heterocycles. The molecule has 98 valence electrons. The lowest BCUT2D eigenvalue weighted by molar-refractivity contribution is 1.56. The Balaban J connectivity index is 2.01. The lowest BCUT2D eigenvalue weighted by Gasteiger charge is -1.99. The van der Waals surface area contributed by atoms with Crippen LogP contribution in [0.2, 0.25) is 0 Å². The van der Waals surface area contributed by atoms with E-state index in [1.54, 1.807) is 0 Å². The summed E-state index contributed by atoms with van der Waals surface area (Å²) in [4.78, 5) is 3.56. The van der Waals surface area contributed by atoms with Crippen molar-refractivity contribution in [1.29, 1.82) is 0 Å². The number of aromatic nitrogens is 1. The minimum Gasteiger partial charge on any atom is -0.354 e. The highest BCUT2D eigenvalue weighted by molar-refractivity contribution is 6.15. The molecule has 0 spiro atoms. The van der Waals surface area contributed by atoms with Crippen LogP contribution in [0.15, 0.2) is 72.8 Å². The van der Waals surface area contributed by atoms with Crippen molar-refractivity contribution >= 4 is 43.4 Å². The number of H-pyrrole nitrogens is 1. The van der Waals surface area contributed by atoms with Crippen molar-refractivity contribution in [3.05, 3.63) is 72.8 Å². The van der Waals surface area contributed by atoms with Crippen LogP contribution in [0.4, 0.5) is 0 Å². The van der Waals surface area contributed by atoms with E-state index in [1.807, 2.05) is 0 Å². The van der Waals surface area contributed by atoms with Crippen LogP contribution in [0.1, 0.15) is 0 Å². The van der Waals surface area contributed by atoms with Crippen LogP contribution in [0.5, 0.6) is 0 Å². The third kappa shape index (κ3) is 1.52. The summed E-state index contributed by atoms with van der Waals surface area (Å²) in [6.45, 7) is 0. The van der Waals surface area contributed by atoms with Gasteiger partial charge in [-0.2, -0.15) is 0 Å². The minimum atomic E-state index is 1.21. The molecule has 0 unspecified atom stereocenters. The molecule has 0 radical (unpaired) electrons. The van der Waals surface area contributed by atoms with Crippen molar-refractivity contribution < 1.29 is 0 Å². The first-order chi connectivity index (χ1) is 10.4. The van der Waals surface area contributed by atoms with E-state index in [0.717, 1.165) is 0 Å². The average Bonchev–Trinajstić information content (AvgIpc) is 2.87. The standard InChI is InChI=1S/C20H13N/c1-3-7-15-11-19-17(9-13(15)5-1)18-10-14-6-2-4-8-16(14)12-20(18)21-19/h1-12,21H. The predicted octanol–water partition coefficient (Wildman–Crippen LogP) is 5.63. The summed E-state index contributed by atoms with van der Waals surface area (Å²) in [6, 6.07) is 26.1. The minimum absolute atomic E-state index is 1.21. The quantitative estimate of drug-likeness (QED) is 0.374. The number of hydrogen-bond acceptors (Lipinski definition) is 0. The summed E-state index contributed by atoms with van der Waals surface area (Å²) >= 11 is 0. The SMILES string of the molecule is c1ccc2cc3c(cc2c1)[nH]c1cc2ccccc2cc13. The molecule has 21 heavy (non-hydrogen) atoms. The lowest BCUT2D eigenvalue weighted by atomic mass is 10.0. The molecule has 0 saturated carbocycles. The van der Waals surface area contributed by atoms with E-state index in [1.165, 1.54) is 43.4 Å². The van der Waals surface area contributed by atoms with Crippen LogP contribution < -0.4 is 0 Å². The largest absolute Gasteiger partial charge is 0.354 e. The van der Waals surface area contributed by atoms with Crippen molar-refractivity contribution in [3.63, 3.8) is 0 Å². The normalized spacial score (nSPS) is 11.8. The van der Waals surface area contributed by atoms with Crippen LogP contribution in [0, 0.1) is 0 Å². The van der Waals surface area contributed by atoms with E-state index in [-0.39, 0.29) is 0 Å². The van der Waals surface area contributed by atoms with Gasteiger partial charge in [0.25, 0.3) is 0 Å². The van der Waals surface area contributed by atoms with Crippen LogP contribution in [-0.4, -0.2) is 4.98 Å². The summed E-state index contributed by atoms with van der Waals surface area (Å²) < 4.78 is 0. The number of benzene rings is 4. The molecule has 5 aromatic rings. The Morgan fingerprint density at radius 3 is 1.29 bits per heavy atom. The Morgan fingerprint density at radius 2 is 0.857 bits per heavy atom. The first kappa shape index (κ1) is 10.9. The van der Waals surface area contributed by atoms with Crippen LogP contribution >= 0.6 is 0 Å². The molecule has 0 fully saturated rings. The topological polar surface area (TPSA) is 15.8 Å². The maximum Gasteiger partial charge on any atom is 0.0471 e. The zero-order chi connectivity index (χ0) is 13.8. The Morgan fingerprint density at radius 1 is 0.476 bits per heavy atom. The van der Waals surface area contributed by atoms with E-state index in [9.17, 15) is 0 Å². The van der Waals surface area contributed by atoms with Crippen molar-refractivity contribution in [1.82, 2.24) is 4.98 Å². The summed E-state index contributed by atoms with van der Waals surface area (Å²) in [5, 5.41) is 7.74. The van der Waals surface area contributed by atoms with Gasteiger partial charge < -0.3 is 4.98 Å². The molecule has 0 aliphatic heterocycles. The second-order valence-electron chi connectivity index (χ2n) is 5.61. The Bertz CT molecular complexity index is 1040. The molecule has 4 aromatic carbocycles. The van der Waals surface area contributed by atoms with Crippen LogP contribution in [0.25, 0.3) is 43.4 Å². The van der Waals surface area contributed by atoms with Gasteiger partial charge in [-0.3, -0.25) is 0 Å². The van der Waals surface area contributed by atoms with Crippen molar-refractivity contribution in [2.24, 2.45) is 0 Å². The second kappa shape index (κ2) is 3.86. The number of rotatable bonds is 0. The molecule has 0 bridgehead atoms. The molecule has 1 heteroatoms. The van der Waals surface area contributed by atoms with Gasteiger partial charge in [0.2, 0.25) is 0 Å². The maximum absolute atomic E-state index is 3.56. The van der Waals surface area contributed by atoms with E-state index < -0.39 is 0 Å². The smallest absolute Gasteiger partial charge is 0.0471 e. The van der Waals surface area contributed by atoms with Crippen molar-refractivity contribution in [2.75, 3.05) is 0 Å². The van der Waals surface area contributed by atoms with Gasteiger partial charge in [-0.1, -0.05) is 48.5 Å². The van der Waals surface area contributed by atoms with E-state index in [0.29, 0.717) is 0 Å². The van der Waals surface area contributed by atoms with Crippen LogP contribution in [0.3, 0.4) is 0 Å². The first-order valence-corrected chi connectivity index (χ1v) is 7.21. The summed E-state index contributed by atoms with van der Waals surface area (Å²) in [5.41, 5.74) is 2.41. The number of nitrogens with one attached hydrogen (secondary N) is 1. The monoisotopic (exact) mass is 267 g/mol. The highest BCUT2D eigenvalue weighted by atomic mass is 14.7. The third-order valence-electron chi connectivity index (χ3n) is 4.33. The molecule has 0 atom stereocenters. The van der Waals surface area contributed by atoms with Crippen molar-refractivity contribution in [2.45, 2.75) is 0 Å². The molecule has 1 heterocycles. The summed E-state index contributed by atoms with van der Waals surface area (Å²) in [6.07, 6.45) is 0. The lowest BCUT2D eigenvalue weighted by Crippen LogP contribution is -1.73. The van der Waals surface area contributed by atoms with E-state index in [2.05, 4.69) is 77.8 Å². The van der Waals surface area contributed by atoms with Gasteiger partial charge >= 0.3 is 0 Å². The maximum atomic E-state index is 3.56. The Labute approximate surface area is 121 Å². The summed E-state index contributed by atoms with van der Waals surface area (Å²) in [7, 11) is 0. The molecule has 5 rings (SSSR count). The molecular weight excluding hydrogens is 254 g/mol. The van der Waals surface area contributed by atoms with Gasteiger partial charge in [0.15, 0.2) is 0 Å². The van der Waals surface area contributed by atoms with Gasteiger partial charge in [-0.05, 0) is 45.8 Å². The predicted molar refractivity (Wildman–Crippen MR) is 90.8 cm³/mol. The van der Waals surface area contributed by atoms with Gasteiger partial charge in [-0.15, -0.1) is 0 Å². The molecule has 1 N–H and O–H groups in total. The van der Waals surface area contributed by atoms with E-state index >= 15 is 0 Å². The molecule has 0 amide bonds. The van der Waals surface area contributed by atoms with Gasteiger partial charge in [0.05, 0.1) is 0 Å². The Kier molecular flexibility index (Phi) is 2.01. The molecule has 0 saturated heterocycles. The molecule has 1 nitrogen and oxygen atoms in total. The fourth-order valence-electron chi connectivity index (χ4n) is 3.28. The second-order valence-corrected chi connectivity index (χ2v) is 5.61. The van der Waals surface area contributed by atoms with Gasteiger partial charge in [-0.25, -0.2) is 0 Å². The van der Waals surface area contributed by atoms with Crippen LogP contribution in [-0.2, 0) is 0 Å².